The number of nitrogens with zero attached hydrogens (tertiary/aromatic N) is 1. The average molecular weight is 305 g/mol. The average Bonchev–Trinajstić information content (AvgIpc) is 3.09. The van der Waals surface area contributed by atoms with Crippen molar-refractivity contribution in [1.82, 2.24) is 0 Å². The second-order valence-electron chi connectivity index (χ2n) is 7.32. The minimum atomic E-state index is -1.38. The summed E-state index contributed by atoms with van der Waals surface area (Å²) in [5.74, 6) is 2.17. The quantitative estimate of drug-likeness (QED) is 0.677. The number of aliphatic imine (C=N–C) groups is 1. The second-order valence-corrected chi connectivity index (χ2v) is 12.5. The van der Waals surface area contributed by atoms with Crippen LogP contribution in [0.3, 0.4) is 0 Å². The Labute approximate surface area is 132 Å². The van der Waals surface area contributed by atoms with Gasteiger partial charge in [0, 0.05) is 0 Å². The Morgan fingerprint density at radius 2 is 1.76 bits per heavy atom. The summed E-state index contributed by atoms with van der Waals surface area (Å²) in [6, 6.07) is 4.17. The molecule has 2 aliphatic rings. The largest absolute Gasteiger partial charge is 0.478 e. The summed E-state index contributed by atoms with van der Waals surface area (Å²) < 4.78 is 5.98. The molecule has 3 heteroatoms. The van der Waals surface area contributed by atoms with Crippen molar-refractivity contribution in [3.05, 3.63) is 30.7 Å². The highest BCUT2D eigenvalue weighted by atomic mass is 28.3. The van der Waals surface area contributed by atoms with Crippen molar-refractivity contribution in [3.8, 4) is 0 Å². The van der Waals surface area contributed by atoms with E-state index in [1.807, 2.05) is 0 Å². The Kier molecular flexibility index (Phi) is 5.22. The molecule has 1 atom stereocenters. The highest BCUT2D eigenvalue weighted by Gasteiger charge is 2.48. The predicted octanol–water partition coefficient (Wildman–Crippen LogP) is 4.65. The van der Waals surface area contributed by atoms with E-state index in [1.165, 1.54) is 24.1 Å². The minimum Gasteiger partial charge on any atom is -0.478 e. The van der Waals surface area contributed by atoms with Crippen LogP contribution in [-0.2, 0) is 4.74 Å². The maximum absolute atomic E-state index is 5.98. The van der Waals surface area contributed by atoms with Gasteiger partial charge in [-0.3, -0.25) is 0 Å². The summed E-state index contributed by atoms with van der Waals surface area (Å²) in [5.41, 5.74) is 1.73. The maximum Gasteiger partial charge on any atom is 0.191 e. The van der Waals surface area contributed by atoms with Gasteiger partial charge in [0.25, 0.3) is 0 Å². The van der Waals surface area contributed by atoms with E-state index in [0.717, 1.165) is 12.5 Å². The van der Waals surface area contributed by atoms with Crippen LogP contribution in [0.4, 0.5) is 0 Å². The summed E-state index contributed by atoms with van der Waals surface area (Å²) in [5, 5.41) is 0. The molecule has 0 saturated heterocycles. The van der Waals surface area contributed by atoms with Gasteiger partial charge in [-0.1, -0.05) is 59.7 Å². The highest BCUT2D eigenvalue weighted by Crippen LogP contribution is 2.46. The van der Waals surface area contributed by atoms with Gasteiger partial charge in [0.05, 0.1) is 20.0 Å². The van der Waals surface area contributed by atoms with Gasteiger partial charge >= 0.3 is 0 Å². The topological polar surface area (TPSA) is 21.6 Å². The molecule has 117 valence electrons. The number of hydrogen-bond donors (Lipinski definition) is 0. The van der Waals surface area contributed by atoms with E-state index in [-0.39, 0.29) is 11.5 Å². The molecular weight excluding hydrogens is 274 g/mol. The van der Waals surface area contributed by atoms with Crippen LogP contribution in [0.1, 0.15) is 41.5 Å². The van der Waals surface area contributed by atoms with Gasteiger partial charge in [0.1, 0.15) is 6.61 Å². The van der Waals surface area contributed by atoms with Crippen LogP contribution in [0, 0.1) is 36.1 Å². The third-order valence-electron chi connectivity index (χ3n) is 5.30. The Hall–Kier alpha value is -0.313. The molecule has 0 unspecified atom stereocenters. The first-order valence-corrected chi connectivity index (χ1v) is 11.0. The van der Waals surface area contributed by atoms with E-state index in [2.05, 4.69) is 60.8 Å². The standard InChI is InChI=1S/C18H30NOSi/c1-7-21(8-2,9-3)15-12-10-11-14(15)17-19-16(13-20-17)18(4,5)6/h10-12,16H,7-9,13H2,1-6H3/t16-/m1/s1. The zero-order chi connectivity index (χ0) is 15.7. The summed E-state index contributed by atoms with van der Waals surface area (Å²) in [4.78, 5) is 4.90. The fraction of sp³-hybridized carbons (Fsp3) is 0.667. The molecule has 1 aliphatic heterocycles. The minimum absolute atomic E-state index is 0.170. The fourth-order valence-electron chi connectivity index (χ4n) is 3.36. The zero-order valence-electron chi connectivity index (χ0n) is 14.5. The third-order valence-corrected chi connectivity index (χ3v) is 10.9. The van der Waals surface area contributed by atoms with Crippen molar-refractivity contribution in [2.75, 3.05) is 6.61 Å². The molecule has 2 rings (SSSR count). The molecule has 21 heavy (non-hydrogen) atoms. The number of hydrogen-bond acceptors (Lipinski definition) is 2. The van der Waals surface area contributed by atoms with Crippen LogP contribution < -0.4 is 0 Å². The predicted molar refractivity (Wildman–Crippen MR) is 93.2 cm³/mol. The van der Waals surface area contributed by atoms with Crippen molar-refractivity contribution in [3.63, 3.8) is 0 Å². The molecule has 0 amide bonds. The molecule has 0 N–H and O–H groups in total. The molecule has 2 nitrogen and oxygen atoms in total. The lowest BCUT2D eigenvalue weighted by Gasteiger charge is -2.37. The van der Waals surface area contributed by atoms with Crippen LogP contribution in [0.15, 0.2) is 4.99 Å². The Morgan fingerprint density at radius 1 is 1.14 bits per heavy atom. The maximum atomic E-state index is 5.98. The lowest BCUT2D eigenvalue weighted by molar-refractivity contribution is 0.235. The monoisotopic (exact) mass is 304 g/mol. The van der Waals surface area contributed by atoms with E-state index < -0.39 is 8.07 Å². The van der Waals surface area contributed by atoms with Gasteiger partial charge in [-0.15, -0.1) is 0 Å². The van der Waals surface area contributed by atoms with E-state index in [4.69, 9.17) is 9.73 Å². The van der Waals surface area contributed by atoms with Gasteiger partial charge in [0.2, 0.25) is 0 Å². The van der Waals surface area contributed by atoms with Crippen LogP contribution in [-0.4, -0.2) is 26.6 Å². The SMILES string of the molecule is CC[Si](CC)(CC)[C]1[CH][CH][CH][C]1C1=N[C@@H](C(C)(C)C)CO1. The molecular formula is C18H30NOSi. The van der Waals surface area contributed by atoms with Crippen molar-refractivity contribution >= 4 is 14.0 Å². The Balaban J connectivity index is 2.20. The van der Waals surface area contributed by atoms with E-state index >= 15 is 0 Å². The molecule has 0 spiro atoms. The van der Waals surface area contributed by atoms with E-state index in [1.54, 1.807) is 5.54 Å². The summed E-state index contributed by atoms with van der Waals surface area (Å²) in [7, 11) is -1.38. The molecule has 0 aromatic carbocycles. The summed E-state index contributed by atoms with van der Waals surface area (Å²) in [6.07, 6.45) is 6.72. The Bertz CT molecular complexity index is 373. The first-order valence-electron chi connectivity index (χ1n) is 8.35. The lowest BCUT2D eigenvalue weighted by Crippen LogP contribution is -2.43. The molecule has 0 aromatic rings. The van der Waals surface area contributed by atoms with Crippen molar-refractivity contribution < 1.29 is 4.74 Å². The van der Waals surface area contributed by atoms with Gasteiger partial charge in [-0.25, -0.2) is 4.99 Å². The van der Waals surface area contributed by atoms with Gasteiger partial charge in [-0.05, 0) is 30.2 Å². The lowest BCUT2D eigenvalue weighted by atomic mass is 9.88. The van der Waals surface area contributed by atoms with Crippen LogP contribution in [0.5, 0.6) is 0 Å². The zero-order valence-corrected chi connectivity index (χ0v) is 15.5. The highest BCUT2D eigenvalue weighted by molar-refractivity contribution is 6.86. The second kappa shape index (κ2) is 6.43. The van der Waals surface area contributed by atoms with Gasteiger partial charge < -0.3 is 4.74 Å². The van der Waals surface area contributed by atoms with E-state index in [0.29, 0.717) is 0 Å². The first-order chi connectivity index (χ1) is 9.88. The van der Waals surface area contributed by atoms with Gasteiger partial charge in [0.15, 0.2) is 5.90 Å². The van der Waals surface area contributed by atoms with Crippen molar-refractivity contribution in [2.45, 2.75) is 65.7 Å². The number of rotatable bonds is 5. The smallest absolute Gasteiger partial charge is 0.191 e. The summed E-state index contributed by atoms with van der Waals surface area (Å²) in [6.45, 7) is 14.5. The van der Waals surface area contributed by atoms with Gasteiger partial charge in [-0.2, -0.15) is 0 Å². The first kappa shape index (κ1) is 17.0. The van der Waals surface area contributed by atoms with Crippen LogP contribution >= 0.6 is 0 Å². The van der Waals surface area contributed by atoms with E-state index in [9.17, 15) is 0 Å². The summed E-state index contributed by atoms with van der Waals surface area (Å²) >= 11 is 0. The molecule has 1 saturated carbocycles. The van der Waals surface area contributed by atoms with Crippen LogP contribution in [0.25, 0.3) is 0 Å². The molecule has 0 bridgehead atoms. The number of ether oxygens (including phenoxy) is 1. The normalized spacial score (nSPS) is 25.2. The molecule has 0 aromatic heterocycles. The molecule has 1 fully saturated rings. The fourth-order valence-corrected chi connectivity index (χ4v) is 7.21. The molecule has 5 radical (unpaired) electrons. The van der Waals surface area contributed by atoms with Crippen LogP contribution in [0.2, 0.25) is 18.1 Å². The molecule has 1 heterocycles. The van der Waals surface area contributed by atoms with Crippen molar-refractivity contribution in [2.24, 2.45) is 10.4 Å². The third kappa shape index (κ3) is 3.23. The van der Waals surface area contributed by atoms with Crippen molar-refractivity contribution in [1.29, 1.82) is 0 Å². The molecule has 1 aliphatic carbocycles. The Morgan fingerprint density at radius 3 is 2.24 bits per heavy atom.